The van der Waals surface area contributed by atoms with Crippen molar-refractivity contribution in [1.82, 2.24) is 19.2 Å². The van der Waals surface area contributed by atoms with Gasteiger partial charge in [0.1, 0.15) is 0 Å². The van der Waals surface area contributed by atoms with Crippen LogP contribution in [0.3, 0.4) is 0 Å². The van der Waals surface area contributed by atoms with Crippen LogP contribution in [0.15, 0.2) is 40.6 Å². The van der Waals surface area contributed by atoms with Gasteiger partial charge in [-0.25, -0.2) is 18.1 Å². The summed E-state index contributed by atoms with van der Waals surface area (Å²) in [6, 6.07) is 1.86. The second-order valence-corrected chi connectivity index (χ2v) is 8.39. The van der Waals surface area contributed by atoms with E-state index in [1.54, 1.807) is 24.1 Å². The third-order valence-corrected chi connectivity index (χ3v) is 6.09. The molecule has 2 aromatic rings. The number of hydrogen-bond donors (Lipinski definition) is 1. The van der Waals surface area contributed by atoms with Crippen LogP contribution in [0.2, 0.25) is 0 Å². The molecule has 1 aliphatic heterocycles. The van der Waals surface area contributed by atoms with Crippen LogP contribution in [-0.2, 0) is 17.1 Å². The minimum atomic E-state index is -3.61. The Kier molecular flexibility index (Phi) is 5.10. The first kappa shape index (κ1) is 16.6. The van der Waals surface area contributed by atoms with Gasteiger partial charge in [-0.15, -0.1) is 0 Å². The quantitative estimate of drug-likeness (QED) is 0.834. The molecule has 0 aliphatic carbocycles. The molecule has 1 unspecified atom stereocenters. The number of thioether (sulfide) groups is 1. The average molecular weight is 356 g/mol. The van der Waals surface area contributed by atoms with Crippen LogP contribution < -0.4 is 4.72 Å². The van der Waals surface area contributed by atoms with Crippen LogP contribution in [-0.4, -0.2) is 54.0 Å². The van der Waals surface area contributed by atoms with Gasteiger partial charge in [0.25, 0.3) is 10.0 Å². The summed E-state index contributed by atoms with van der Waals surface area (Å²) in [5.74, 6) is 2.11. The molecular formula is C14H20N4O3S2. The van der Waals surface area contributed by atoms with Crippen LogP contribution in [0.4, 0.5) is 0 Å². The Labute approximate surface area is 140 Å². The fourth-order valence-electron chi connectivity index (χ4n) is 2.60. The molecule has 0 amide bonds. The number of sulfonamides is 1. The van der Waals surface area contributed by atoms with E-state index in [9.17, 15) is 8.42 Å². The van der Waals surface area contributed by atoms with Crippen LogP contribution in [0.25, 0.3) is 0 Å². The van der Waals surface area contributed by atoms with Crippen LogP contribution in [0, 0.1) is 0 Å². The number of hydrogen-bond acceptors (Lipinski definition) is 6. The molecular weight excluding hydrogens is 336 g/mol. The van der Waals surface area contributed by atoms with Crippen molar-refractivity contribution in [2.24, 2.45) is 7.05 Å². The van der Waals surface area contributed by atoms with Crippen molar-refractivity contribution in [1.29, 1.82) is 0 Å². The summed E-state index contributed by atoms with van der Waals surface area (Å²) in [6.07, 6.45) is 6.27. The molecule has 1 aliphatic rings. The molecule has 9 heteroatoms. The third kappa shape index (κ3) is 3.97. The first-order valence-electron chi connectivity index (χ1n) is 7.38. The molecule has 7 nitrogen and oxygen atoms in total. The van der Waals surface area contributed by atoms with Crippen molar-refractivity contribution in [3.05, 3.63) is 36.7 Å². The van der Waals surface area contributed by atoms with E-state index in [-0.39, 0.29) is 11.1 Å². The molecule has 3 rings (SSSR count). The van der Waals surface area contributed by atoms with Crippen molar-refractivity contribution in [3.63, 3.8) is 0 Å². The molecule has 0 aromatic carbocycles. The van der Waals surface area contributed by atoms with E-state index < -0.39 is 10.0 Å². The summed E-state index contributed by atoms with van der Waals surface area (Å²) < 4.78 is 34.2. The standard InChI is InChI=1S/C14H20N4O3S2/c1-17-9-14(15-11-17)23(19,20)16-8-13(12-2-5-21-10-12)18-3-6-22-7-4-18/h2,5,9-11,13,16H,3-4,6-8H2,1H3. The average Bonchev–Trinajstić information content (AvgIpc) is 3.20. The van der Waals surface area contributed by atoms with E-state index in [0.29, 0.717) is 6.54 Å². The number of imidazole rings is 1. The topological polar surface area (TPSA) is 80.4 Å². The monoisotopic (exact) mass is 356 g/mol. The van der Waals surface area contributed by atoms with Crippen LogP contribution >= 0.6 is 11.8 Å². The lowest BCUT2D eigenvalue weighted by Crippen LogP contribution is -2.41. The van der Waals surface area contributed by atoms with Crippen molar-refractivity contribution >= 4 is 21.8 Å². The number of aryl methyl sites for hydroxylation is 1. The van der Waals surface area contributed by atoms with Gasteiger partial charge in [0.15, 0.2) is 5.03 Å². The van der Waals surface area contributed by atoms with E-state index in [1.165, 1.54) is 12.5 Å². The van der Waals surface area contributed by atoms with E-state index in [0.717, 1.165) is 30.2 Å². The summed E-state index contributed by atoms with van der Waals surface area (Å²) in [6.45, 7) is 2.17. The molecule has 0 saturated carbocycles. The SMILES string of the molecule is Cn1cnc(S(=O)(=O)NCC(c2ccoc2)N2CCSCC2)c1. The number of nitrogens with zero attached hydrogens (tertiary/aromatic N) is 3. The summed E-state index contributed by atoms with van der Waals surface area (Å²) in [5, 5.41) is 0.0418. The first-order valence-corrected chi connectivity index (χ1v) is 10.0. The van der Waals surface area contributed by atoms with Crippen molar-refractivity contribution in [2.75, 3.05) is 31.1 Å². The highest BCUT2D eigenvalue weighted by molar-refractivity contribution is 7.99. The molecule has 1 saturated heterocycles. The lowest BCUT2D eigenvalue weighted by atomic mass is 10.1. The molecule has 0 spiro atoms. The fourth-order valence-corrected chi connectivity index (χ4v) is 4.55. The second-order valence-electron chi connectivity index (χ2n) is 5.45. The van der Waals surface area contributed by atoms with Crippen LogP contribution in [0.5, 0.6) is 0 Å². The number of furan rings is 1. The van der Waals surface area contributed by atoms with Gasteiger partial charge in [0.2, 0.25) is 0 Å². The summed E-state index contributed by atoms with van der Waals surface area (Å²) in [4.78, 5) is 6.21. The minimum Gasteiger partial charge on any atom is -0.472 e. The minimum absolute atomic E-state index is 0.0341. The zero-order chi connectivity index (χ0) is 16.3. The van der Waals surface area contributed by atoms with E-state index in [4.69, 9.17) is 4.42 Å². The lowest BCUT2D eigenvalue weighted by Gasteiger charge is -2.33. The molecule has 3 heterocycles. The van der Waals surface area contributed by atoms with E-state index >= 15 is 0 Å². The predicted molar refractivity (Wildman–Crippen MR) is 88.7 cm³/mol. The normalized spacial score (nSPS) is 18.1. The Hall–Kier alpha value is -1.29. The zero-order valence-corrected chi connectivity index (χ0v) is 14.5. The number of aromatic nitrogens is 2. The summed E-state index contributed by atoms with van der Waals surface area (Å²) in [5.41, 5.74) is 0.987. The largest absolute Gasteiger partial charge is 0.472 e. The molecule has 1 N–H and O–H groups in total. The summed E-state index contributed by atoms with van der Waals surface area (Å²) in [7, 11) is -1.87. The lowest BCUT2D eigenvalue weighted by molar-refractivity contribution is 0.218. The van der Waals surface area contributed by atoms with E-state index in [1.807, 2.05) is 17.8 Å². The third-order valence-electron chi connectivity index (χ3n) is 3.84. The van der Waals surface area contributed by atoms with Gasteiger partial charge >= 0.3 is 0 Å². The molecule has 2 aromatic heterocycles. The Morgan fingerprint density at radius 1 is 1.43 bits per heavy atom. The maximum absolute atomic E-state index is 12.4. The van der Waals surface area contributed by atoms with Gasteiger partial charge in [0, 0.05) is 49.9 Å². The molecule has 0 radical (unpaired) electrons. The zero-order valence-electron chi connectivity index (χ0n) is 12.9. The molecule has 126 valence electrons. The predicted octanol–water partition coefficient (Wildman–Crippen LogP) is 1.08. The Morgan fingerprint density at radius 3 is 2.83 bits per heavy atom. The van der Waals surface area contributed by atoms with Crippen molar-refractivity contribution < 1.29 is 12.8 Å². The number of nitrogens with one attached hydrogen (secondary N) is 1. The fraction of sp³-hybridized carbons (Fsp3) is 0.500. The molecule has 23 heavy (non-hydrogen) atoms. The second kappa shape index (κ2) is 7.08. The highest BCUT2D eigenvalue weighted by Crippen LogP contribution is 2.24. The molecule has 1 fully saturated rings. The summed E-state index contributed by atoms with van der Waals surface area (Å²) >= 11 is 1.92. The van der Waals surface area contributed by atoms with Gasteiger partial charge in [-0.3, -0.25) is 4.90 Å². The van der Waals surface area contributed by atoms with Gasteiger partial charge in [-0.2, -0.15) is 11.8 Å². The maximum atomic E-state index is 12.4. The van der Waals surface area contributed by atoms with Gasteiger partial charge < -0.3 is 8.98 Å². The van der Waals surface area contributed by atoms with E-state index in [2.05, 4.69) is 14.6 Å². The Balaban J connectivity index is 1.73. The molecule has 0 bridgehead atoms. The maximum Gasteiger partial charge on any atom is 0.259 e. The Bertz CT molecular complexity index is 721. The van der Waals surface area contributed by atoms with Crippen molar-refractivity contribution in [3.8, 4) is 0 Å². The Morgan fingerprint density at radius 2 is 2.22 bits per heavy atom. The highest BCUT2D eigenvalue weighted by Gasteiger charge is 2.26. The van der Waals surface area contributed by atoms with Crippen LogP contribution in [0.1, 0.15) is 11.6 Å². The number of rotatable bonds is 6. The highest BCUT2D eigenvalue weighted by atomic mass is 32.2. The van der Waals surface area contributed by atoms with Gasteiger partial charge in [-0.1, -0.05) is 0 Å². The first-order chi connectivity index (χ1) is 11.1. The molecule has 1 atom stereocenters. The smallest absolute Gasteiger partial charge is 0.259 e. The van der Waals surface area contributed by atoms with Gasteiger partial charge in [0.05, 0.1) is 24.9 Å². The van der Waals surface area contributed by atoms with Crippen molar-refractivity contribution in [2.45, 2.75) is 11.1 Å². The van der Waals surface area contributed by atoms with Gasteiger partial charge in [-0.05, 0) is 6.07 Å².